The van der Waals surface area contributed by atoms with Crippen molar-refractivity contribution >= 4 is 22.6 Å². The number of carbonyl (C=O) groups excluding carboxylic acids is 1. The second kappa shape index (κ2) is 8.50. The van der Waals surface area contributed by atoms with Crippen LogP contribution in [0.1, 0.15) is 22.3 Å². The fourth-order valence-electron chi connectivity index (χ4n) is 4.24. The summed E-state index contributed by atoms with van der Waals surface area (Å²) in [4.78, 5) is 23.9. The van der Waals surface area contributed by atoms with Gasteiger partial charge >= 0.3 is 0 Å². The molecule has 166 valence electrons. The average Bonchev–Trinajstić information content (AvgIpc) is 3.27. The van der Waals surface area contributed by atoms with Gasteiger partial charge in [-0.1, -0.05) is 30.3 Å². The van der Waals surface area contributed by atoms with E-state index in [1.807, 2.05) is 43.3 Å². The zero-order valence-corrected chi connectivity index (χ0v) is 18.1. The Bertz CT molecular complexity index is 1320. The van der Waals surface area contributed by atoms with E-state index in [-0.39, 0.29) is 29.1 Å². The second-order valence-corrected chi connectivity index (χ2v) is 8.30. The number of benzene rings is 3. The molecule has 1 saturated heterocycles. The van der Waals surface area contributed by atoms with Gasteiger partial charge in [0.25, 0.3) is 5.91 Å². The number of rotatable bonds is 4. The van der Waals surface area contributed by atoms with Gasteiger partial charge in [-0.25, -0.2) is 14.4 Å². The summed E-state index contributed by atoms with van der Waals surface area (Å²) >= 11 is 0. The number of phenols is 1. The van der Waals surface area contributed by atoms with E-state index in [4.69, 9.17) is 0 Å². The zero-order valence-electron chi connectivity index (χ0n) is 18.1. The quantitative estimate of drug-likeness (QED) is 0.488. The summed E-state index contributed by atoms with van der Waals surface area (Å²) in [5.74, 6) is -0.100. The fraction of sp³-hybridized carbons (Fsp3) is 0.192. The molecule has 3 aromatic carbocycles. The van der Waals surface area contributed by atoms with Crippen molar-refractivity contribution in [3.63, 3.8) is 0 Å². The molecule has 0 aliphatic carbocycles. The first kappa shape index (κ1) is 20.9. The molecule has 0 unspecified atom stereocenters. The van der Waals surface area contributed by atoms with Gasteiger partial charge in [0.2, 0.25) is 0 Å². The number of aromatic hydroxyl groups is 1. The molecule has 1 fully saturated rings. The second-order valence-electron chi connectivity index (χ2n) is 8.30. The van der Waals surface area contributed by atoms with Crippen LogP contribution in [0, 0.1) is 12.7 Å². The number of nitrogens with one attached hydrogen (secondary N) is 1. The number of phenolic OH excluding ortho intramolecular Hbond substituents is 1. The molecular formula is C26H23FN4O2. The van der Waals surface area contributed by atoms with Crippen molar-refractivity contribution in [2.75, 3.05) is 18.0 Å². The highest BCUT2D eigenvalue weighted by molar-refractivity contribution is 5.95. The first-order valence-electron chi connectivity index (χ1n) is 10.9. The van der Waals surface area contributed by atoms with Gasteiger partial charge in [0, 0.05) is 30.1 Å². The Labute approximate surface area is 190 Å². The number of anilines is 1. The first-order chi connectivity index (χ1) is 16.0. The molecule has 1 amide bonds. The van der Waals surface area contributed by atoms with Gasteiger partial charge in [-0.15, -0.1) is 0 Å². The third-order valence-corrected chi connectivity index (χ3v) is 5.91. The number of aromatic nitrogens is 2. The van der Waals surface area contributed by atoms with Crippen molar-refractivity contribution in [2.45, 2.75) is 19.4 Å². The van der Waals surface area contributed by atoms with Crippen molar-refractivity contribution in [3.8, 4) is 17.1 Å². The molecule has 1 aromatic heterocycles. The van der Waals surface area contributed by atoms with E-state index in [2.05, 4.69) is 20.2 Å². The largest absolute Gasteiger partial charge is 0.507 e. The van der Waals surface area contributed by atoms with E-state index in [0.717, 1.165) is 17.4 Å². The Kier molecular flexibility index (Phi) is 5.38. The van der Waals surface area contributed by atoms with Crippen molar-refractivity contribution in [1.29, 1.82) is 0 Å². The number of nitrogens with zero attached hydrogens (tertiary/aromatic N) is 3. The van der Waals surface area contributed by atoms with Gasteiger partial charge in [-0.05, 0) is 55.3 Å². The van der Waals surface area contributed by atoms with Crippen LogP contribution in [0.2, 0.25) is 0 Å². The van der Waals surface area contributed by atoms with Crippen LogP contribution in [0.4, 0.5) is 10.2 Å². The van der Waals surface area contributed by atoms with Gasteiger partial charge in [-0.2, -0.15) is 0 Å². The van der Waals surface area contributed by atoms with Crippen LogP contribution in [0.3, 0.4) is 0 Å². The monoisotopic (exact) mass is 442 g/mol. The topological polar surface area (TPSA) is 78.4 Å². The SMILES string of the molecule is Cc1ccc2c(N3CC[C@@H](NC(=O)c4ccccc4)C3)nc(-c3c(O)cccc3F)nc2c1. The molecule has 0 bridgehead atoms. The van der Waals surface area contributed by atoms with Gasteiger partial charge in [-0.3, -0.25) is 4.79 Å². The van der Waals surface area contributed by atoms with Crippen LogP contribution in [0.5, 0.6) is 5.75 Å². The number of hydrogen-bond donors (Lipinski definition) is 2. The van der Waals surface area contributed by atoms with Gasteiger partial charge in [0.15, 0.2) is 5.82 Å². The van der Waals surface area contributed by atoms with E-state index < -0.39 is 5.82 Å². The van der Waals surface area contributed by atoms with E-state index in [1.54, 1.807) is 12.1 Å². The highest BCUT2D eigenvalue weighted by Crippen LogP contribution is 2.34. The third kappa shape index (κ3) is 4.09. The summed E-state index contributed by atoms with van der Waals surface area (Å²) in [5.41, 5.74) is 2.30. The van der Waals surface area contributed by atoms with Crippen molar-refractivity contribution in [3.05, 3.63) is 83.7 Å². The Hall–Kier alpha value is -4.00. The molecule has 4 aromatic rings. The summed E-state index contributed by atoms with van der Waals surface area (Å²) in [6, 6.07) is 19.1. The van der Waals surface area contributed by atoms with Crippen molar-refractivity contribution in [1.82, 2.24) is 15.3 Å². The molecule has 1 aliphatic rings. The predicted octanol–water partition coefficient (Wildman–Crippen LogP) is 4.46. The number of fused-ring (bicyclic) bond motifs is 1. The number of hydrogen-bond acceptors (Lipinski definition) is 5. The standard InChI is InChI=1S/C26H23FN4O2/c1-16-10-11-19-21(14-16)29-24(23-20(27)8-5-9-22(23)32)30-25(19)31-13-12-18(15-31)28-26(33)17-6-3-2-4-7-17/h2-11,14,18,32H,12-13,15H2,1H3,(H,28,33)/t18-/m1/s1. The van der Waals surface area contributed by atoms with Crippen LogP contribution in [0.15, 0.2) is 66.7 Å². The fourth-order valence-corrected chi connectivity index (χ4v) is 4.24. The summed E-state index contributed by atoms with van der Waals surface area (Å²) in [5, 5.41) is 14.2. The smallest absolute Gasteiger partial charge is 0.251 e. The van der Waals surface area contributed by atoms with E-state index >= 15 is 0 Å². The van der Waals surface area contributed by atoms with E-state index in [0.29, 0.717) is 30.0 Å². The van der Waals surface area contributed by atoms with E-state index in [9.17, 15) is 14.3 Å². The molecule has 0 spiro atoms. The van der Waals surface area contributed by atoms with Crippen LogP contribution in [0.25, 0.3) is 22.3 Å². The Morgan fingerprint density at radius 2 is 1.91 bits per heavy atom. The number of carbonyl (C=O) groups is 1. The molecule has 6 nitrogen and oxygen atoms in total. The Morgan fingerprint density at radius 3 is 2.70 bits per heavy atom. The lowest BCUT2D eigenvalue weighted by molar-refractivity contribution is 0.0940. The summed E-state index contributed by atoms with van der Waals surface area (Å²) < 4.78 is 14.6. The number of aryl methyl sites for hydroxylation is 1. The maximum Gasteiger partial charge on any atom is 0.251 e. The molecule has 1 atom stereocenters. The first-order valence-corrected chi connectivity index (χ1v) is 10.9. The summed E-state index contributed by atoms with van der Waals surface area (Å²) in [6.45, 7) is 3.22. The number of amides is 1. The molecule has 7 heteroatoms. The molecule has 2 heterocycles. The van der Waals surface area contributed by atoms with E-state index in [1.165, 1.54) is 18.2 Å². The van der Waals surface area contributed by atoms with Gasteiger partial charge in [0.05, 0.1) is 11.1 Å². The molecular weight excluding hydrogens is 419 g/mol. The maximum atomic E-state index is 14.6. The number of halogens is 1. The lowest BCUT2D eigenvalue weighted by Gasteiger charge is -2.21. The average molecular weight is 442 g/mol. The van der Waals surface area contributed by atoms with Crippen LogP contribution >= 0.6 is 0 Å². The van der Waals surface area contributed by atoms with Crippen molar-refractivity contribution in [2.24, 2.45) is 0 Å². The molecule has 1 aliphatic heterocycles. The Morgan fingerprint density at radius 1 is 1.09 bits per heavy atom. The maximum absolute atomic E-state index is 14.6. The molecule has 0 saturated carbocycles. The van der Waals surface area contributed by atoms with Crippen LogP contribution < -0.4 is 10.2 Å². The molecule has 0 radical (unpaired) electrons. The lowest BCUT2D eigenvalue weighted by atomic mass is 10.1. The molecule has 33 heavy (non-hydrogen) atoms. The Balaban J connectivity index is 1.49. The third-order valence-electron chi connectivity index (χ3n) is 5.91. The minimum Gasteiger partial charge on any atom is -0.507 e. The highest BCUT2D eigenvalue weighted by atomic mass is 19.1. The lowest BCUT2D eigenvalue weighted by Crippen LogP contribution is -2.37. The molecule has 5 rings (SSSR count). The van der Waals surface area contributed by atoms with Gasteiger partial charge in [0.1, 0.15) is 17.4 Å². The summed E-state index contributed by atoms with van der Waals surface area (Å²) in [7, 11) is 0. The normalized spacial score (nSPS) is 15.7. The summed E-state index contributed by atoms with van der Waals surface area (Å²) in [6.07, 6.45) is 0.760. The molecule has 2 N–H and O–H groups in total. The van der Waals surface area contributed by atoms with Crippen LogP contribution in [-0.4, -0.2) is 40.1 Å². The highest BCUT2D eigenvalue weighted by Gasteiger charge is 2.28. The van der Waals surface area contributed by atoms with Gasteiger partial charge < -0.3 is 15.3 Å². The van der Waals surface area contributed by atoms with Crippen LogP contribution in [-0.2, 0) is 0 Å². The minimum atomic E-state index is -0.581. The predicted molar refractivity (Wildman–Crippen MR) is 126 cm³/mol. The minimum absolute atomic E-state index is 0.0183. The van der Waals surface area contributed by atoms with Crippen molar-refractivity contribution < 1.29 is 14.3 Å². The zero-order chi connectivity index (χ0) is 22.9.